The van der Waals surface area contributed by atoms with E-state index in [1.165, 1.54) is 12.1 Å². The van der Waals surface area contributed by atoms with E-state index in [2.05, 4.69) is 30.9 Å². The number of furan rings is 1. The van der Waals surface area contributed by atoms with E-state index in [0.29, 0.717) is 17.9 Å². The molecular weight excluding hydrogens is 458 g/mol. The third-order valence-corrected chi connectivity index (χ3v) is 8.04. The molecule has 0 unspecified atom stereocenters. The number of carboxylic acids is 1. The topological polar surface area (TPSA) is 92.4 Å². The Morgan fingerprint density at radius 3 is 2.78 bits per heavy atom. The maximum Gasteiger partial charge on any atom is 0.339 e. The van der Waals surface area contributed by atoms with Gasteiger partial charge >= 0.3 is 5.97 Å². The number of nitrogens with zero attached hydrogens (tertiary/aromatic N) is 1. The third kappa shape index (κ3) is 3.96. The minimum absolute atomic E-state index is 0.0443. The van der Waals surface area contributed by atoms with Crippen LogP contribution in [0.5, 0.6) is 11.5 Å². The zero-order chi connectivity index (χ0) is 25.0. The number of fused-ring (bicyclic) bond motifs is 4. The molecule has 3 aliphatic heterocycles. The summed E-state index contributed by atoms with van der Waals surface area (Å²) >= 11 is 0. The summed E-state index contributed by atoms with van der Waals surface area (Å²) in [5.41, 5.74) is 1.35. The molecule has 3 aromatic rings. The number of carboxylic acid groups (broad SMARTS) is 1. The summed E-state index contributed by atoms with van der Waals surface area (Å²) in [7, 11) is 0. The lowest BCUT2D eigenvalue weighted by Gasteiger charge is -2.54. The summed E-state index contributed by atoms with van der Waals surface area (Å²) < 4.78 is 19.4. The van der Waals surface area contributed by atoms with Crippen molar-refractivity contribution in [2.45, 2.75) is 63.5 Å². The fourth-order valence-corrected chi connectivity index (χ4v) is 6.20. The molecule has 0 radical (unpaired) electrons. The quantitative estimate of drug-likeness (QED) is 0.490. The number of phenols is 1. The fraction of sp³-hybridized carbons (Fsp3) is 0.414. The lowest BCUT2D eigenvalue weighted by Crippen LogP contribution is -2.58. The highest BCUT2D eigenvalue weighted by atomic mass is 16.5. The van der Waals surface area contributed by atoms with Gasteiger partial charge in [-0.15, -0.1) is 0 Å². The number of likely N-dealkylation sites (tertiary alicyclic amines) is 1. The SMILES string of the molecule is CC1(C)Oc2ccccc2[C@@H]2O[C@@H]3CCCN(Cc4ccc(-c5ccc(C(=O)O)c(O)c5)o4)[C@@H]3C[C@H]21. The Morgan fingerprint density at radius 2 is 1.97 bits per heavy atom. The number of aromatic hydroxyl groups is 1. The largest absolute Gasteiger partial charge is 0.507 e. The van der Waals surface area contributed by atoms with Crippen molar-refractivity contribution in [1.82, 2.24) is 4.90 Å². The lowest BCUT2D eigenvalue weighted by molar-refractivity contribution is -0.191. The minimum Gasteiger partial charge on any atom is -0.507 e. The number of carbonyl (C=O) groups is 1. The van der Waals surface area contributed by atoms with Crippen LogP contribution in [-0.4, -0.2) is 45.4 Å². The molecule has 188 valence electrons. The van der Waals surface area contributed by atoms with Crippen LogP contribution >= 0.6 is 0 Å². The van der Waals surface area contributed by atoms with E-state index in [4.69, 9.17) is 19.0 Å². The first-order chi connectivity index (χ1) is 17.3. The molecule has 2 aromatic carbocycles. The van der Waals surface area contributed by atoms with Gasteiger partial charge in [-0.05, 0) is 70.0 Å². The first-order valence-corrected chi connectivity index (χ1v) is 12.6. The number of rotatable bonds is 4. The summed E-state index contributed by atoms with van der Waals surface area (Å²) in [4.78, 5) is 13.7. The molecule has 7 heteroatoms. The Hall–Kier alpha value is -3.29. The fourth-order valence-electron chi connectivity index (χ4n) is 6.20. The first kappa shape index (κ1) is 23.1. The van der Waals surface area contributed by atoms with E-state index in [1.54, 1.807) is 6.07 Å². The second-order valence-corrected chi connectivity index (χ2v) is 10.7. The van der Waals surface area contributed by atoms with Gasteiger partial charge in [0.1, 0.15) is 34.2 Å². The van der Waals surface area contributed by atoms with Gasteiger partial charge in [-0.1, -0.05) is 24.3 Å². The summed E-state index contributed by atoms with van der Waals surface area (Å²) in [6.07, 6.45) is 3.32. The molecule has 0 aliphatic carbocycles. The van der Waals surface area contributed by atoms with Crippen molar-refractivity contribution in [2.24, 2.45) is 5.92 Å². The smallest absolute Gasteiger partial charge is 0.339 e. The number of benzene rings is 2. The average Bonchev–Trinajstić information content (AvgIpc) is 3.31. The van der Waals surface area contributed by atoms with E-state index in [0.717, 1.165) is 42.9 Å². The molecule has 6 rings (SSSR count). The highest BCUT2D eigenvalue weighted by Gasteiger charge is 2.52. The van der Waals surface area contributed by atoms with Crippen LogP contribution in [0.15, 0.2) is 59.0 Å². The molecule has 2 fully saturated rings. The van der Waals surface area contributed by atoms with Gasteiger partial charge in [0, 0.05) is 23.1 Å². The monoisotopic (exact) mass is 489 g/mol. The predicted octanol–water partition coefficient (Wildman–Crippen LogP) is 5.63. The number of hydrogen-bond donors (Lipinski definition) is 2. The zero-order valence-electron chi connectivity index (χ0n) is 20.5. The molecule has 2 saturated heterocycles. The predicted molar refractivity (Wildman–Crippen MR) is 133 cm³/mol. The van der Waals surface area contributed by atoms with Crippen LogP contribution in [0.1, 0.15) is 60.9 Å². The second kappa shape index (κ2) is 8.68. The molecule has 0 amide bonds. The Balaban J connectivity index is 1.22. The Morgan fingerprint density at radius 1 is 1.14 bits per heavy atom. The Bertz CT molecular complexity index is 1300. The molecule has 3 aliphatic rings. The normalized spacial score (nSPS) is 26.8. The highest BCUT2D eigenvalue weighted by Crippen LogP contribution is 2.52. The second-order valence-electron chi connectivity index (χ2n) is 10.7. The molecule has 0 spiro atoms. The van der Waals surface area contributed by atoms with E-state index >= 15 is 0 Å². The zero-order valence-corrected chi connectivity index (χ0v) is 20.5. The van der Waals surface area contributed by atoms with Crippen molar-refractivity contribution in [3.63, 3.8) is 0 Å². The van der Waals surface area contributed by atoms with Gasteiger partial charge < -0.3 is 24.1 Å². The van der Waals surface area contributed by atoms with E-state index in [9.17, 15) is 9.90 Å². The van der Waals surface area contributed by atoms with Gasteiger partial charge in [0.15, 0.2) is 0 Å². The number of piperidine rings is 1. The van der Waals surface area contributed by atoms with Crippen LogP contribution in [-0.2, 0) is 11.3 Å². The summed E-state index contributed by atoms with van der Waals surface area (Å²) in [6, 6.07) is 16.8. The maximum absolute atomic E-state index is 11.2. The number of para-hydroxylation sites is 1. The molecule has 2 N–H and O–H groups in total. The maximum atomic E-state index is 11.2. The summed E-state index contributed by atoms with van der Waals surface area (Å²) in [6.45, 7) is 5.98. The molecule has 4 atom stereocenters. The number of ether oxygens (including phenoxy) is 2. The van der Waals surface area contributed by atoms with Gasteiger partial charge in [-0.3, -0.25) is 4.90 Å². The molecule has 0 bridgehead atoms. The Kier molecular flexibility index (Phi) is 5.57. The van der Waals surface area contributed by atoms with E-state index in [1.807, 2.05) is 24.3 Å². The lowest BCUT2D eigenvalue weighted by atomic mass is 9.72. The van der Waals surface area contributed by atoms with Gasteiger partial charge in [-0.25, -0.2) is 4.79 Å². The third-order valence-electron chi connectivity index (χ3n) is 8.04. The van der Waals surface area contributed by atoms with Gasteiger partial charge in [-0.2, -0.15) is 0 Å². The Labute approximate surface area is 210 Å². The van der Waals surface area contributed by atoms with Crippen LogP contribution in [0, 0.1) is 5.92 Å². The average molecular weight is 490 g/mol. The van der Waals surface area contributed by atoms with Crippen LogP contribution in [0.25, 0.3) is 11.3 Å². The van der Waals surface area contributed by atoms with Crippen molar-refractivity contribution in [3.05, 3.63) is 71.5 Å². The first-order valence-electron chi connectivity index (χ1n) is 12.6. The van der Waals surface area contributed by atoms with Gasteiger partial charge in [0.2, 0.25) is 0 Å². The van der Waals surface area contributed by atoms with Crippen molar-refractivity contribution in [2.75, 3.05) is 6.54 Å². The van der Waals surface area contributed by atoms with Gasteiger partial charge in [0.25, 0.3) is 0 Å². The molecule has 0 saturated carbocycles. The van der Waals surface area contributed by atoms with Crippen molar-refractivity contribution in [3.8, 4) is 22.8 Å². The standard InChI is InChI=1S/C29H31NO6/c1-29(2)21-15-22-26(35-27(21)20-6-3-4-7-25(20)36-29)8-5-13-30(22)16-18-10-12-24(34-18)17-9-11-19(28(32)33)23(31)14-17/h3-4,6-7,9-12,14,21-22,26-27,31H,5,8,13,15-16H2,1-2H3,(H,32,33)/t21-,22-,26-,27+/m1/s1. The summed E-state index contributed by atoms with van der Waals surface area (Å²) in [5.74, 6) is 1.18. The molecule has 4 heterocycles. The van der Waals surface area contributed by atoms with E-state index < -0.39 is 5.97 Å². The van der Waals surface area contributed by atoms with Crippen molar-refractivity contribution in [1.29, 1.82) is 0 Å². The molecular formula is C29H31NO6. The van der Waals surface area contributed by atoms with Crippen LogP contribution < -0.4 is 4.74 Å². The summed E-state index contributed by atoms with van der Waals surface area (Å²) in [5, 5.41) is 19.2. The number of aromatic carboxylic acids is 1. The van der Waals surface area contributed by atoms with Crippen molar-refractivity contribution >= 4 is 5.97 Å². The van der Waals surface area contributed by atoms with Crippen LogP contribution in [0.3, 0.4) is 0 Å². The minimum atomic E-state index is -1.16. The van der Waals surface area contributed by atoms with Crippen LogP contribution in [0.4, 0.5) is 0 Å². The number of hydrogen-bond acceptors (Lipinski definition) is 6. The van der Waals surface area contributed by atoms with Crippen LogP contribution in [0.2, 0.25) is 0 Å². The molecule has 7 nitrogen and oxygen atoms in total. The highest BCUT2D eigenvalue weighted by molar-refractivity contribution is 5.91. The van der Waals surface area contributed by atoms with Crippen molar-refractivity contribution < 1.29 is 28.9 Å². The molecule has 36 heavy (non-hydrogen) atoms. The van der Waals surface area contributed by atoms with E-state index in [-0.39, 0.29) is 41.1 Å². The molecule has 1 aromatic heterocycles. The van der Waals surface area contributed by atoms with Gasteiger partial charge in [0.05, 0.1) is 18.8 Å².